The molecule has 0 aliphatic carbocycles. The second-order valence-electron chi connectivity index (χ2n) is 8.78. The van der Waals surface area contributed by atoms with Crippen LogP contribution >= 0.6 is 0 Å². The minimum atomic E-state index is -4.55. The van der Waals surface area contributed by atoms with Gasteiger partial charge < -0.3 is 9.64 Å². The molecule has 1 amide bonds. The summed E-state index contributed by atoms with van der Waals surface area (Å²) < 4.78 is 49.4. The molecule has 0 spiro atoms. The Morgan fingerprint density at radius 3 is 2.44 bits per heavy atom. The fraction of sp³-hybridized carbons (Fsp3) is 0.259. The fourth-order valence-corrected chi connectivity index (χ4v) is 4.97. The highest BCUT2D eigenvalue weighted by molar-refractivity contribution is 5.94. The van der Waals surface area contributed by atoms with E-state index in [9.17, 15) is 22.8 Å². The molecule has 0 radical (unpaired) electrons. The zero-order valence-corrected chi connectivity index (χ0v) is 19.5. The molecule has 1 aliphatic heterocycles. The number of para-hydroxylation sites is 1. The molecule has 1 aromatic heterocycles. The third kappa shape index (κ3) is 4.14. The number of nitrogens with zero attached hydrogens (tertiary/aromatic N) is 3. The first-order chi connectivity index (χ1) is 17.3. The number of alkyl halides is 3. The number of benzene rings is 3. The van der Waals surface area contributed by atoms with Gasteiger partial charge in [0.1, 0.15) is 11.3 Å². The van der Waals surface area contributed by atoms with Crippen molar-refractivity contribution in [1.29, 1.82) is 0 Å². The predicted molar refractivity (Wildman–Crippen MR) is 129 cm³/mol. The summed E-state index contributed by atoms with van der Waals surface area (Å²) in [4.78, 5) is 28.4. The van der Waals surface area contributed by atoms with Gasteiger partial charge in [-0.05, 0) is 42.3 Å². The number of aromatic nitrogens is 2. The van der Waals surface area contributed by atoms with Crippen molar-refractivity contribution in [3.05, 3.63) is 100.0 Å². The molecular weight excluding hydrogens is 471 g/mol. The first-order valence-electron chi connectivity index (χ1n) is 11.6. The van der Waals surface area contributed by atoms with Crippen molar-refractivity contribution in [2.45, 2.75) is 25.2 Å². The molecule has 0 unspecified atom stereocenters. The number of methoxy groups -OCH3 is 1. The van der Waals surface area contributed by atoms with Crippen LogP contribution in [0.1, 0.15) is 33.9 Å². The van der Waals surface area contributed by atoms with Crippen molar-refractivity contribution < 1.29 is 22.7 Å². The van der Waals surface area contributed by atoms with Crippen LogP contribution in [0.2, 0.25) is 0 Å². The van der Waals surface area contributed by atoms with Gasteiger partial charge in [-0.2, -0.15) is 13.2 Å². The highest BCUT2D eigenvalue weighted by Gasteiger charge is 2.35. The summed E-state index contributed by atoms with van der Waals surface area (Å²) in [6.45, 7) is 0.527. The van der Waals surface area contributed by atoms with E-state index in [1.165, 1.54) is 29.9 Å². The van der Waals surface area contributed by atoms with Crippen molar-refractivity contribution >= 4 is 16.9 Å². The van der Waals surface area contributed by atoms with E-state index in [0.717, 1.165) is 6.07 Å². The summed E-state index contributed by atoms with van der Waals surface area (Å²) in [6, 6.07) is 19.0. The quantitative estimate of drug-likeness (QED) is 0.393. The highest BCUT2D eigenvalue weighted by Crippen LogP contribution is 2.34. The lowest BCUT2D eigenvalue weighted by molar-refractivity contribution is -0.138. The SMILES string of the molecule is COc1cccc2c1n(Cc1ccccc1C(F)(F)F)c(=O)n2[C@@H]1CCN(C(=O)c2ccccc2)C1. The summed E-state index contributed by atoms with van der Waals surface area (Å²) in [5.41, 5.74) is 0.319. The Hall–Kier alpha value is -4.01. The van der Waals surface area contributed by atoms with E-state index < -0.39 is 17.4 Å². The van der Waals surface area contributed by atoms with Crippen LogP contribution in [-0.4, -0.2) is 40.1 Å². The fourth-order valence-electron chi connectivity index (χ4n) is 4.97. The van der Waals surface area contributed by atoms with Crippen molar-refractivity contribution in [2.75, 3.05) is 20.2 Å². The van der Waals surface area contributed by atoms with Crippen LogP contribution in [0.5, 0.6) is 5.75 Å². The minimum Gasteiger partial charge on any atom is -0.494 e. The summed E-state index contributed by atoms with van der Waals surface area (Å²) in [5, 5.41) is 0. The molecule has 0 N–H and O–H groups in total. The zero-order chi connectivity index (χ0) is 25.4. The van der Waals surface area contributed by atoms with Crippen LogP contribution in [0, 0.1) is 0 Å². The number of amides is 1. The lowest BCUT2D eigenvalue weighted by atomic mass is 10.1. The van der Waals surface area contributed by atoms with Crippen LogP contribution < -0.4 is 10.4 Å². The molecule has 36 heavy (non-hydrogen) atoms. The molecule has 5 rings (SSSR count). The molecule has 4 aromatic rings. The molecule has 1 saturated heterocycles. The van der Waals surface area contributed by atoms with Gasteiger partial charge in [0.05, 0.1) is 30.8 Å². The molecule has 2 heterocycles. The van der Waals surface area contributed by atoms with Gasteiger partial charge in [-0.3, -0.25) is 13.9 Å². The molecule has 3 aromatic carbocycles. The number of hydrogen-bond donors (Lipinski definition) is 0. The number of imidazole rings is 1. The Kier molecular flexibility index (Phi) is 6.07. The van der Waals surface area contributed by atoms with Crippen molar-refractivity contribution in [1.82, 2.24) is 14.0 Å². The Morgan fingerprint density at radius 1 is 1.00 bits per heavy atom. The second kappa shape index (κ2) is 9.22. The Morgan fingerprint density at radius 2 is 1.72 bits per heavy atom. The monoisotopic (exact) mass is 495 g/mol. The van der Waals surface area contributed by atoms with E-state index in [0.29, 0.717) is 41.9 Å². The Bertz CT molecular complexity index is 1470. The van der Waals surface area contributed by atoms with E-state index in [1.807, 2.05) is 6.07 Å². The van der Waals surface area contributed by atoms with Gasteiger partial charge in [0.15, 0.2) is 0 Å². The summed E-state index contributed by atoms with van der Waals surface area (Å²) in [5.74, 6) is 0.273. The number of halogens is 3. The number of hydrogen-bond acceptors (Lipinski definition) is 3. The molecule has 0 bridgehead atoms. The molecule has 1 fully saturated rings. The number of fused-ring (bicyclic) bond motifs is 1. The highest BCUT2D eigenvalue weighted by atomic mass is 19.4. The van der Waals surface area contributed by atoms with Crippen molar-refractivity contribution in [3.8, 4) is 5.75 Å². The Balaban J connectivity index is 1.57. The molecule has 0 saturated carbocycles. The largest absolute Gasteiger partial charge is 0.494 e. The maximum atomic E-state index is 13.7. The third-order valence-electron chi connectivity index (χ3n) is 6.65. The van der Waals surface area contributed by atoms with E-state index >= 15 is 0 Å². The number of likely N-dealkylation sites (tertiary alicyclic amines) is 1. The van der Waals surface area contributed by atoms with Crippen LogP contribution in [0.15, 0.2) is 77.6 Å². The molecule has 1 atom stereocenters. The first kappa shape index (κ1) is 23.7. The smallest absolute Gasteiger partial charge is 0.416 e. The van der Waals surface area contributed by atoms with Crippen LogP contribution in [0.4, 0.5) is 13.2 Å². The van der Waals surface area contributed by atoms with E-state index in [-0.39, 0.29) is 24.1 Å². The molecule has 1 aliphatic rings. The zero-order valence-electron chi connectivity index (χ0n) is 19.5. The lowest BCUT2D eigenvalue weighted by Gasteiger charge is -2.17. The Labute approximate surface area is 205 Å². The minimum absolute atomic E-state index is 0.00985. The number of carbonyl (C=O) groups is 1. The number of carbonyl (C=O) groups excluding carboxylic acids is 1. The van der Waals surface area contributed by atoms with Gasteiger partial charge in [-0.25, -0.2) is 4.79 Å². The van der Waals surface area contributed by atoms with Crippen LogP contribution in [0.25, 0.3) is 11.0 Å². The molecular formula is C27H24F3N3O3. The van der Waals surface area contributed by atoms with E-state index in [1.54, 1.807) is 51.9 Å². The van der Waals surface area contributed by atoms with Gasteiger partial charge in [0.25, 0.3) is 5.91 Å². The maximum absolute atomic E-state index is 13.7. The van der Waals surface area contributed by atoms with Crippen LogP contribution in [-0.2, 0) is 12.7 Å². The van der Waals surface area contributed by atoms with Gasteiger partial charge in [0, 0.05) is 18.7 Å². The van der Waals surface area contributed by atoms with E-state index in [4.69, 9.17) is 4.74 Å². The maximum Gasteiger partial charge on any atom is 0.416 e. The predicted octanol–water partition coefficient (Wildman–Crippen LogP) is 4.97. The van der Waals surface area contributed by atoms with E-state index in [2.05, 4.69) is 0 Å². The first-order valence-corrected chi connectivity index (χ1v) is 11.6. The van der Waals surface area contributed by atoms with Gasteiger partial charge >= 0.3 is 11.9 Å². The number of ether oxygens (including phenoxy) is 1. The van der Waals surface area contributed by atoms with Gasteiger partial charge in [-0.15, -0.1) is 0 Å². The normalized spacial score (nSPS) is 16.0. The summed E-state index contributed by atoms with van der Waals surface area (Å²) in [7, 11) is 1.46. The second-order valence-corrected chi connectivity index (χ2v) is 8.78. The lowest BCUT2D eigenvalue weighted by Crippen LogP contribution is -2.32. The molecule has 186 valence electrons. The summed E-state index contributed by atoms with van der Waals surface area (Å²) >= 11 is 0. The van der Waals surface area contributed by atoms with Crippen LogP contribution in [0.3, 0.4) is 0 Å². The average Bonchev–Trinajstić information content (AvgIpc) is 3.46. The van der Waals surface area contributed by atoms with Gasteiger partial charge in [0.2, 0.25) is 0 Å². The topological polar surface area (TPSA) is 56.5 Å². The number of rotatable bonds is 5. The van der Waals surface area contributed by atoms with Crippen molar-refractivity contribution in [3.63, 3.8) is 0 Å². The molecule has 9 heteroatoms. The third-order valence-corrected chi connectivity index (χ3v) is 6.65. The standard InChI is InChI=1S/C27H24F3N3O3/c1-36-23-13-7-12-22-24(23)32(16-19-10-5-6-11-21(19)27(28,29)30)26(35)33(22)20-14-15-31(17-20)25(34)18-8-3-2-4-9-18/h2-13,20H,14-17H2,1H3/t20-/m1/s1. The van der Waals surface area contributed by atoms with Gasteiger partial charge in [-0.1, -0.05) is 42.5 Å². The molecule has 6 nitrogen and oxygen atoms in total. The van der Waals surface area contributed by atoms with Crippen molar-refractivity contribution in [2.24, 2.45) is 0 Å². The summed E-state index contributed by atoms with van der Waals surface area (Å²) in [6.07, 6.45) is -4.00. The average molecular weight is 496 g/mol.